The second-order valence-electron chi connectivity index (χ2n) is 9.16. The molecule has 2 amide bonds. The van der Waals surface area contributed by atoms with Crippen LogP contribution in [0.25, 0.3) is 0 Å². The maximum Gasteiger partial charge on any atom is 0.325 e. The summed E-state index contributed by atoms with van der Waals surface area (Å²) >= 11 is 0. The van der Waals surface area contributed by atoms with Gasteiger partial charge in [-0.1, -0.05) is 13.0 Å². The van der Waals surface area contributed by atoms with Crippen molar-refractivity contribution in [3.8, 4) is 11.5 Å². The Morgan fingerprint density at radius 3 is 2.47 bits per heavy atom. The Morgan fingerprint density at radius 2 is 1.88 bits per heavy atom. The van der Waals surface area contributed by atoms with Crippen molar-refractivity contribution in [3.63, 3.8) is 0 Å². The third kappa shape index (κ3) is 4.29. The molecule has 0 atom stereocenters. The Hall–Kier alpha value is -2.93. The summed E-state index contributed by atoms with van der Waals surface area (Å²) in [6.45, 7) is 10.2. The number of hydrogen-bond donors (Lipinski definition) is 0. The van der Waals surface area contributed by atoms with Gasteiger partial charge < -0.3 is 18.8 Å². The summed E-state index contributed by atoms with van der Waals surface area (Å²) in [5.74, 6) is 1.51. The van der Waals surface area contributed by atoms with Gasteiger partial charge in [0.2, 0.25) is 0 Å². The zero-order valence-electron chi connectivity index (χ0n) is 21.1. The maximum absolute atomic E-state index is 13.8. The van der Waals surface area contributed by atoms with E-state index in [0.29, 0.717) is 13.1 Å². The van der Waals surface area contributed by atoms with E-state index >= 15 is 0 Å². The van der Waals surface area contributed by atoms with Gasteiger partial charge in [-0.05, 0) is 56.4 Å². The standard InChI is InChI=1S/C27H37N3O4/c1-6-8-25-27(10-12-28(13-11-27)17-21-9-14-34-19-21)30(7-2)26(31)29(25)18-22-15-23(32-4)16-24(33-5)20(22)3/h8-9,14-16,19H,6-7,10-13,17-18H2,1-5H3/b25-8-. The predicted octanol–water partition coefficient (Wildman–Crippen LogP) is 5.19. The van der Waals surface area contributed by atoms with Crippen LogP contribution >= 0.6 is 0 Å². The summed E-state index contributed by atoms with van der Waals surface area (Å²) in [6.07, 6.45) is 8.53. The van der Waals surface area contributed by atoms with Crippen LogP contribution in [0.2, 0.25) is 0 Å². The molecule has 0 aliphatic carbocycles. The molecule has 1 aromatic heterocycles. The smallest absolute Gasteiger partial charge is 0.325 e. The van der Waals surface area contributed by atoms with Gasteiger partial charge >= 0.3 is 6.03 Å². The average molecular weight is 468 g/mol. The SMILES string of the molecule is CC/C=C1\N(Cc2cc(OC)cc(OC)c2C)C(=O)N(CC)C12CCN(Cc1ccoc1)CC2. The zero-order valence-corrected chi connectivity index (χ0v) is 21.1. The fraction of sp³-hybridized carbons (Fsp3) is 0.519. The summed E-state index contributed by atoms with van der Waals surface area (Å²) in [7, 11) is 3.32. The number of ether oxygens (including phenoxy) is 2. The minimum absolute atomic E-state index is 0.0895. The number of benzene rings is 1. The van der Waals surface area contributed by atoms with E-state index in [1.165, 1.54) is 5.56 Å². The normalized spacial score (nSPS) is 19.4. The summed E-state index contributed by atoms with van der Waals surface area (Å²) in [5.41, 5.74) is 4.15. The third-order valence-electron chi connectivity index (χ3n) is 7.35. The molecule has 4 rings (SSSR count). The van der Waals surface area contributed by atoms with Crippen LogP contribution in [0, 0.1) is 6.92 Å². The van der Waals surface area contributed by atoms with Crippen molar-refractivity contribution in [3.05, 3.63) is 59.2 Å². The molecule has 0 N–H and O–H groups in total. The molecule has 0 unspecified atom stereocenters. The van der Waals surface area contributed by atoms with Gasteiger partial charge in [-0.2, -0.15) is 0 Å². The first-order chi connectivity index (χ1) is 16.5. The second kappa shape index (κ2) is 10.1. The van der Waals surface area contributed by atoms with Crippen LogP contribution in [0.1, 0.15) is 49.8 Å². The Bertz CT molecular complexity index is 1020. The molecule has 0 bridgehead atoms. The predicted molar refractivity (Wildman–Crippen MR) is 132 cm³/mol. The highest BCUT2D eigenvalue weighted by Crippen LogP contribution is 2.45. The Balaban J connectivity index is 1.63. The highest BCUT2D eigenvalue weighted by Gasteiger charge is 2.53. The third-order valence-corrected chi connectivity index (χ3v) is 7.35. The number of piperidine rings is 1. The van der Waals surface area contributed by atoms with Gasteiger partial charge in [0.1, 0.15) is 11.5 Å². The number of methoxy groups -OCH3 is 2. The largest absolute Gasteiger partial charge is 0.497 e. The molecule has 0 saturated carbocycles. The summed E-state index contributed by atoms with van der Waals surface area (Å²) in [5, 5.41) is 0. The number of carbonyl (C=O) groups excluding carboxylic acids is 1. The average Bonchev–Trinajstić information content (AvgIpc) is 3.43. The van der Waals surface area contributed by atoms with Crippen LogP contribution in [0.3, 0.4) is 0 Å². The van der Waals surface area contributed by atoms with Gasteiger partial charge in [-0.15, -0.1) is 0 Å². The van der Waals surface area contributed by atoms with E-state index < -0.39 is 0 Å². The van der Waals surface area contributed by atoms with Crippen molar-refractivity contribution >= 4 is 6.03 Å². The van der Waals surface area contributed by atoms with Crippen molar-refractivity contribution in [1.82, 2.24) is 14.7 Å². The van der Waals surface area contributed by atoms with Crippen molar-refractivity contribution < 1.29 is 18.7 Å². The highest BCUT2D eigenvalue weighted by molar-refractivity contribution is 5.82. The van der Waals surface area contributed by atoms with Crippen LogP contribution in [0.5, 0.6) is 11.5 Å². The number of furan rings is 1. The van der Waals surface area contributed by atoms with E-state index in [-0.39, 0.29) is 11.6 Å². The lowest BCUT2D eigenvalue weighted by atomic mass is 9.83. The Kier molecular flexibility index (Phi) is 7.22. The highest BCUT2D eigenvalue weighted by atomic mass is 16.5. The quantitative estimate of drug-likeness (QED) is 0.535. The van der Waals surface area contributed by atoms with Crippen molar-refractivity contribution in [2.75, 3.05) is 33.9 Å². The molecular formula is C27H37N3O4. The number of amides is 2. The molecular weight excluding hydrogens is 430 g/mol. The first-order valence-corrected chi connectivity index (χ1v) is 12.2. The summed E-state index contributed by atoms with van der Waals surface area (Å²) in [4.78, 5) is 20.3. The van der Waals surface area contributed by atoms with Crippen molar-refractivity contribution in [1.29, 1.82) is 0 Å². The number of rotatable bonds is 8. The number of likely N-dealkylation sites (N-methyl/N-ethyl adjacent to an activating group) is 1. The zero-order chi connectivity index (χ0) is 24.3. The lowest BCUT2D eigenvalue weighted by Gasteiger charge is -2.44. The second-order valence-corrected chi connectivity index (χ2v) is 9.16. The van der Waals surface area contributed by atoms with Gasteiger partial charge in [-0.25, -0.2) is 4.79 Å². The number of hydrogen-bond acceptors (Lipinski definition) is 5. The van der Waals surface area contributed by atoms with Crippen molar-refractivity contribution in [2.45, 2.75) is 58.7 Å². The number of allylic oxidation sites excluding steroid dienone is 1. The molecule has 3 heterocycles. The van der Waals surface area contributed by atoms with E-state index in [9.17, 15) is 4.79 Å². The van der Waals surface area contributed by atoms with Crippen LogP contribution in [0.15, 0.2) is 46.9 Å². The van der Waals surface area contributed by atoms with E-state index in [4.69, 9.17) is 13.9 Å². The Morgan fingerprint density at radius 1 is 1.12 bits per heavy atom. The van der Waals surface area contributed by atoms with E-state index in [0.717, 1.165) is 67.2 Å². The maximum atomic E-state index is 13.8. The van der Waals surface area contributed by atoms with Gasteiger partial charge in [0.25, 0.3) is 0 Å². The molecule has 1 aromatic carbocycles. The molecule has 2 fully saturated rings. The molecule has 7 nitrogen and oxygen atoms in total. The van der Waals surface area contributed by atoms with Crippen LogP contribution in [0.4, 0.5) is 4.79 Å². The van der Waals surface area contributed by atoms with Gasteiger partial charge in [0.15, 0.2) is 0 Å². The van der Waals surface area contributed by atoms with E-state index in [1.54, 1.807) is 20.5 Å². The van der Waals surface area contributed by atoms with Crippen LogP contribution in [-0.2, 0) is 13.1 Å². The molecule has 184 valence electrons. The number of nitrogens with zero attached hydrogens (tertiary/aromatic N) is 3. The number of carbonyl (C=O) groups is 1. The molecule has 0 radical (unpaired) electrons. The van der Waals surface area contributed by atoms with E-state index in [1.807, 2.05) is 36.3 Å². The number of urea groups is 1. The van der Waals surface area contributed by atoms with Crippen LogP contribution < -0.4 is 9.47 Å². The summed E-state index contributed by atoms with van der Waals surface area (Å²) < 4.78 is 16.3. The molecule has 2 saturated heterocycles. The fourth-order valence-corrected chi connectivity index (χ4v) is 5.54. The van der Waals surface area contributed by atoms with Gasteiger partial charge in [0.05, 0.1) is 38.8 Å². The molecule has 2 aliphatic rings. The molecule has 2 aliphatic heterocycles. The Labute approximate surface area is 202 Å². The lowest BCUT2D eigenvalue weighted by molar-refractivity contribution is 0.0888. The van der Waals surface area contributed by atoms with Gasteiger partial charge in [-0.3, -0.25) is 9.80 Å². The first kappa shape index (κ1) is 24.2. The topological polar surface area (TPSA) is 58.4 Å². The summed E-state index contributed by atoms with van der Waals surface area (Å²) in [6, 6.07) is 6.02. The molecule has 7 heteroatoms. The van der Waals surface area contributed by atoms with Gasteiger partial charge in [0, 0.05) is 43.5 Å². The molecule has 1 spiro atoms. The fourth-order valence-electron chi connectivity index (χ4n) is 5.54. The number of likely N-dealkylation sites (tertiary alicyclic amines) is 1. The first-order valence-electron chi connectivity index (χ1n) is 12.2. The lowest BCUT2D eigenvalue weighted by Crippen LogP contribution is -2.53. The minimum atomic E-state index is -0.258. The van der Waals surface area contributed by atoms with Crippen LogP contribution in [-0.4, -0.2) is 60.1 Å². The van der Waals surface area contributed by atoms with Crippen molar-refractivity contribution in [2.24, 2.45) is 0 Å². The molecule has 34 heavy (non-hydrogen) atoms. The monoisotopic (exact) mass is 467 g/mol. The molecule has 2 aromatic rings. The van der Waals surface area contributed by atoms with E-state index in [2.05, 4.69) is 29.7 Å². The minimum Gasteiger partial charge on any atom is -0.497 e.